The van der Waals surface area contributed by atoms with Crippen LogP contribution in [0.1, 0.15) is 29.8 Å². The quantitative estimate of drug-likeness (QED) is 0.918. The van der Waals surface area contributed by atoms with Crippen LogP contribution in [-0.2, 0) is 4.74 Å². The molecule has 1 aliphatic heterocycles. The van der Waals surface area contributed by atoms with Gasteiger partial charge in [-0.2, -0.15) is 0 Å². The first kappa shape index (κ1) is 15.8. The number of nitrogens with zero attached hydrogens (tertiary/aromatic N) is 1. The van der Waals surface area contributed by atoms with Crippen molar-refractivity contribution in [3.63, 3.8) is 0 Å². The van der Waals surface area contributed by atoms with Gasteiger partial charge in [0, 0.05) is 25.2 Å². The van der Waals surface area contributed by atoms with Gasteiger partial charge in [0.2, 0.25) is 0 Å². The van der Waals surface area contributed by atoms with E-state index in [1.54, 1.807) is 13.2 Å². The molecule has 5 heteroatoms. The van der Waals surface area contributed by atoms with Gasteiger partial charge in [0.15, 0.2) is 0 Å². The standard InChI is InChI=1S/C16H24N2O3/c1-11-5-6-12(7-14(11)20-4)15(19)18-9-13(8-17)21-16(2,3)10-18/h5-7,13H,8-10,17H2,1-4H3. The summed E-state index contributed by atoms with van der Waals surface area (Å²) >= 11 is 0. The van der Waals surface area contributed by atoms with Crippen LogP contribution >= 0.6 is 0 Å². The van der Waals surface area contributed by atoms with Crippen molar-refractivity contribution in [2.24, 2.45) is 5.73 Å². The summed E-state index contributed by atoms with van der Waals surface area (Å²) in [6, 6.07) is 5.52. The van der Waals surface area contributed by atoms with Gasteiger partial charge in [0.05, 0.1) is 18.8 Å². The Labute approximate surface area is 126 Å². The normalized spacial score (nSPS) is 21.2. The molecule has 1 amide bonds. The molecule has 1 aliphatic rings. The molecule has 1 fully saturated rings. The minimum absolute atomic E-state index is 0.0110. The lowest BCUT2D eigenvalue weighted by Gasteiger charge is -2.42. The molecular formula is C16H24N2O3. The lowest BCUT2D eigenvalue weighted by molar-refractivity contribution is -0.122. The monoisotopic (exact) mass is 292 g/mol. The number of benzene rings is 1. The van der Waals surface area contributed by atoms with E-state index in [0.29, 0.717) is 25.2 Å². The molecule has 0 aromatic heterocycles. The highest BCUT2D eigenvalue weighted by atomic mass is 16.5. The Morgan fingerprint density at radius 3 is 2.86 bits per heavy atom. The van der Waals surface area contributed by atoms with Gasteiger partial charge in [-0.05, 0) is 38.5 Å². The van der Waals surface area contributed by atoms with E-state index in [1.165, 1.54) is 0 Å². The number of methoxy groups -OCH3 is 1. The number of hydrogen-bond donors (Lipinski definition) is 1. The molecule has 116 valence electrons. The van der Waals surface area contributed by atoms with Crippen LogP contribution in [0.2, 0.25) is 0 Å². The maximum absolute atomic E-state index is 12.7. The van der Waals surface area contributed by atoms with E-state index >= 15 is 0 Å². The van der Waals surface area contributed by atoms with Crippen LogP contribution in [0.25, 0.3) is 0 Å². The maximum Gasteiger partial charge on any atom is 0.254 e. The number of amides is 1. The Kier molecular flexibility index (Phi) is 4.54. The molecule has 1 aromatic rings. The summed E-state index contributed by atoms with van der Waals surface area (Å²) in [5, 5.41) is 0. The second-order valence-corrected chi connectivity index (χ2v) is 6.11. The molecule has 0 bridgehead atoms. The Morgan fingerprint density at radius 2 is 2.24 bits per heavy atom. The fourth-order valence-corrected chi connectivity index (χ4v) is 2.71. The molecule has 0 radical (unpaired) electrons. The molecular weight excluding hydrogens is 268 g/mol. The topological polar surface area (TPSA) is 64.8 Å². The van der Waals surface area contributed by atoms with Crippen LogP contribution in [0.3, 0.4) is 0 Å². The molecule has 1 aromatic carbocycles. The lowest BCUT2D eigenvalue weighted by atomic mass is 10.0. The summed E-state index contributed by atoms with van der Waals surface area (Å²) in [6.45, 7) is 7.39. The van der Waals surface area contributed by atoms with E-state index in [4.69, 9.17) is 15.2 Å². The number of carbonyl (C=O) groups is 1. The summed E-state index contributed by atoms with van der Waals surface area (Å²) in [5.41, 5.74) is 6.97. The fourth-order valence-electron chi connectivity index (χ4n) is 2.71. The third kappa shape index (κ3) is 3.54. The zero-order valence-corrected chi connectivity index (χ0v) is 13.2. The summed E-state index contributed by atoms with van der Waals surface area (Å²) in [6.07, 6.45) is -0.120. The highest BCUT2D eigenvalue weighted by Gasteiger charge is 2.35. The van der Waals surface area contributed by atoms with E-state index in [2.05, 4.69) is 0 Å². The van der Waals surface area contributed by atoms with E-state index in [-0.39, 0.29) is 17.6 Å². The van der Waals surface area contributed by atoms with Crippen molar-refractivity contribution < 1.29 is 14.3 Å². The van der Waals surface area contributed by atoms with Crippen LogP contribution in [0, 0.1) is 6.92 Å². The van der Waals surface area contributed by atoms with Crippen molar-refractivity contribution in [3.8, 4) is 5.75 Å². The van der Waals surface area contributed by atoms with Crippen LogP contribution in [0.15, 0.2) is 18.2 Å². The molecule has 21 heavy (non-hydrogen) atoms. The first-order valence-corrected chi connectivity index (χ1v) is 7.18. The van der Waals surface area contributed by atoms with E-state index in [1.807, 2.05) is 37.8 Å². The second kappa shape index (κ2) is 6.03. The number of nitrogens with two attached hydrogens (primary N) is 1. The minimum Gasteiger partial charge on any atom is -0.496 e. The SMILES string of the molecule is COc1cc(C(=O)N2CC(CN)OC(C)(C)C2)ccc1C. The third-order valence-electron chi connectivity index (χ3n) is 3.69. The Hall–Kier alpha value is -1.59. The first-order valence-electron chi connectivity index (χ1n) is 7.18. The van der Waals surface area contributed by atoms with Gasteiger partial charge in [-0.15, -0.1) is 0 Å². The highest BCUT2D eigenvalue weighted by molar-refractivity contribution is 5.95. The molecule has 1 heterocycles. The van der Waals surface area contributed by atoms with Gasteiger partial charge in [0.1, 0.15) is 5.75 Å². The van der Waals surface area contributed by atoms with E-state index < -0.39 is 0 Å². The van der Waals surface area contributed by atoms with Crippen LogP contribution in [0.4, 0.5) is 0 Å². The fraction of sp³-hybridized carbons (Fsp3) is 0.562. The van der Waals surface area contributed by atoms with Crippen molar-refractivity contribution in [2.45, 2.75) is 32.5 Å². The van der Waals surface area contributed by atoms with Gasteiger partial charge in [-0.25, -0.2) is 0 Å². The van der Waals surface area contributed by atoms with Gasteiger partial charge in [-0.1, -0.05) is 6.07 Å². The molecule has 0 saturated carbocycles. The number of morpholine rings is 1. The van der Waals surface area contributed by atoms with E-state index in [0.717, 1.165) is 11.3 Å². The summed E-state index contributed by atoms with van der Waals surface area (Å²) in [4.78, 5) is 14.5. The van der Waals surface area contributed by atoms with Crippen LogP contribution in [0.5, 0.6) is 5.75 Å². The van der Waals surface area contributed by atoms with Crippen molar-refractivity contribution in [1.29, 1.82) is 0 Å². The largest absolute Gasteiger partial charge is 0.496 e. The number of carbonyl (C=O) groups excluding carboxylic acids is 1. The predicted molar refractivity (Wildman–Crippen MR) is 81.6 cm³/mol. The zero-order valence-electron chi connectivity index (χ0n) is 13.2. The highest BCUT2D eigenvalue weighted by Crippen LogP contribution is 2.24. The molecule has 0 aliphatic carbocycles. The molecule has 2 N–H and O–H groups in total. The van der Waals surface area contributed by atoms with Crippen molar-refractivity contribution in [3.05, 3.63) is 29.3 Å². The summed E-state index contributed by atoms with van der Waals surface area (Å²) in [7, 11) is 1.61. The number of rotatable bonds is 3. The third-order valence-corrected chi connectivity index (χ3v) is 3.69. The smallest absolute Gasteiger partial charge is 0.254 e. The molecule has 5 nitrogen and oxygen atoms in total. The number of hydrogen-bond acceptors (Lipinski definition) is 4. The first-order chi connectivity index (χ1) is 9.86. The maximum atomic E-state index is 12.7. The van der Waals surface area contributed by atoms with Gasteiger partial charge >= 0.3 is 0 Å². The van der Waals surface area contributed by atoms with E-state index in [9.17, 15) is 4.79 Å². The second-order valence-electron chi connectivity index (χ2n) is 6.11. The number of ether oxygens (including phenoxy) is 2. The minimum atomic E-state index is -0.382. The molecule has 1 saturated heterocycles. The molecule has 1 atom stereocenters. The van der Waals surface area contributed by atoms with Gasteiger partial charge in [0.25, 0.3) is 5.91 Å². The predicted octanol–water partition coefficient (Wildman–Crippen LogP) is 1.58. The summed E-state index contributed by atoms with van der Waals surface area (Å²) in [5.74, 6) is 0.715. The van der Waals surface area contributed by atoms with Crippen molar-refractivity contribution >= 4 is 5.91 Å². The Morgan fingerprint density at radius 1 is 1.52 bits per heavy atom. The number of aryl methyl sites for hydroxylation is 1. The zero-order chi connectivity index (χ0) is 15.6. The Bertz CT molecular complexity index is 528. The Balaban J connectivity index is 2.22. The molecule has 0 spiro atoms. The van der Waals surface area contributed by atoms with Crippen LogP contribution in [-0.4, -0.2) is 49.3 Å². The summed E-state index contributed by atoms with van der Waals surface area (Å²) < 4.78 is 11.2. The average Bonchev–Trinajstić information content (AvgIpc) is 2.45. The molecule has 1 unspecified atom stereocenters. The molecule has 2 rings (SSSR count). The van der Waals surface area contributed by atoms with Gasteiger partial charge < -0.3 is 20.1 Å². The van der Waals surface area contributed by atoms with Crippen molar-refractivity contribution in [1.82, 2.24) is 4.90 Å². The average molecular weight is 292 g/mol. The van der Waals surface area contributed by atoms with Crippen LogP contribution < -0.4 is 10.5 Å². The van der Waals surface area contributed by atoms with Crippen molar-refractivity contribution in [2.75, 3.05) is 26.7 Å². The van der Waals surface area contributed by atoms with Gasteiger partial charge in [-0.3, -0.25) is 4.79 Å². The lowest BCUT2D eigenvalue weighted by Crippen LogP contribution is -2.56.